The topological polar surface area (TPSA) is 136 Å². The second-order valence-corrected chi connectivity index (χ2v) is 14.2. The number of unbranched alkanes of at least 4 members (excludes halogenated alkanes) is 14. The second kappa shape index (κ2) is 35.8. The van der Waals surface area contributed by atoms with Crippen molar-refractivity contribution < 1.29 is 42.7 Å². The minimum absolute atomic E-state index is 0.106. The van der Waals surface area contributed by atoms with E-state index in [9.17, 15) is 18.9 Å². The molecule has 0 aliphatic heterocycles. The summed E-state index contributed by atoms with van der Waals surface area (Å²) in [5.74, 6) is -0.836. The number of phosphoric acid groups is 1. The summed E-state index contributed by atoms with van der Waals surface area (Å²) >= 11 is 0. The van der Waals surface area contributed by atoms with Gasteiger partial charge in [-0.3, -0.25) is 18.9 Å². The Hall–Kier alpha value is -2.58. The Balaban J connectivity index is 4.13. The Labute approximate surface area is 309 Å². The SMILES string of the molecule is CCCCCCCC/C=C\CCCCCCCC(=O)OC[C@H](COP(=O)(O)O)OC(=O)CCC/C=C\C/C=C\C/C=C\C=C\C(=O)CCCCC. The molecule has 0 heterocycles. The summed E-state index contributed by atoms with van der Waals surface area (Å²) in [5, 5.41) is 0. The number of ether oxygens (including phenoxy) is 2. The van der Waals surface area contributed by atoms with Gasteiger partial charge in [0, 0.05) is 19.3 Å². The number of ketones is 1. The number of carbonyl (C=O) groups excluding carboxylic acids is 3. The third kappa shape index (κ3) is 38.5. The van der Waals surface area contributed by atoms with Crippen LogP contribution in [0.3, 0.4) is 0 Å². The number of allylic oxidation sites excluding steroid dienone is 10. The Morgan fingerprint density at radius 3 is 1.75 bits per heavy atom. The van der Waals surface area contributed by atoms with Crippen molar-refractivity contribution in [3.8, 4) is 0 Å². The van der Waals surface area contributed by atoms with Crippen molar-refractivity contribution in [2.24, 2.45) is 0 Å². The first-order valence-electron chi connectivity index (χ1n) is 19.5. The minimum Gasteiger partial charge on any atom is -0.462 e. The summed E-state index contributed by atoms with van der Waals surface area (Å²) in [6.45, 7) is 3.45. The Kier molecular flexibility index (Phi) is 34.0. The third-order valence-corrected chi connectivity index (χ3v) is 8.47. The zero-order chi connectivity index (χ0) is 37.7. The summed E-state index contributed by atoms with van der Waals surface area (Å²) in [5.41, 5.74) is 0. The van der Waals surface area contributed by atoms with Crippen molar-refractivity contribution in [3.05, 3.63) is 60.8 Å². The summed E-state index contributed by atoms with van der Waals surface area (Å²) in [6.07, 6.45) is 40.7. The van der Waals surface area contributed by atoms with Crippen LogP contribution in [0.25, 0.3) is 0 Å². The average Bonchev–Trinajstić information content (AvgIpc) is 3.09. The summed E-state index contributed by atoms with van der Waals surface area (Å²) < 4.78 is 26.2. The maximum Gasteiger partial charge on any atom is 0.469 e. The van der Waals surface area contributed by atoms with Crippen molar-refractivity contribution in [2.45, 2.75) is 168 Å². The first-order valence-corrected chi connectivity index (χ1v) is 21.1. The van der Waals surface area contributed by atoms with Crippen LogP contribution < -0.4 is 0 Å². The van der Waals surface area contributed by atoms with E-state index in [1.165, 1.54) is 44.9 Å². The molecule has 1 atom stereocenters. The molecule has 0 aromatic rings. The number of hydrogen-bond acceptors (Lipinski definition) is 7. The number of rotatable bonds is 35. The fraction of sp³-hybridized carbons (Fsp3) is 0.683. The number of phosphoric ester groups is 1. The lowest BCUT2D eigenvalue weighted by atomic mass is 10.1. The zero-order valence-corrected chi connectivity index (χ0v) is 32.6. The molecule has 0 amide bonds. The van der Waals surface area contributed by atoms with Gasteiger partial charge >= 0.3 is 19.8 Å². The molecule has 0 fully saturated rings. The Bertz CT molecular complexity index is 1070. The van der Waals surface area contributed by atoms with E-state index in [1.807, 2.05) is 36.5 Å². The summed E-state index contributed by atoms with van der Waals surface area (Å²) in [7, 11) is -4.78. The van der Waals surface area contributed by atoms with Gasteiger partial charge in [-0.05, 0) is 70.3 Å². The monoisotopic (exact) mass is 736 g/mol. The fourth-order valence-corrected chi connectivity index (χ4v) is 5.38. The molecule has 0 radical (unpaired) electrons. The highest BCUT2D eigenvalue weighted by atomic mass is 31.2. The standard InChI is InChI=1S/C41H69O9P/c1-3-5-7-8-9-10-11-12-13-14-17-20-23-26-30-34-40(43)48-36-39(37-49-51(45,46)47)50-41(44)35-31-27-24-21-18-15-16-19-22-25-29-33-38(42)32-28-6-4-2/h12-13,15-16,21-22,24-25,29,33,39H,3-11,14,17-20,23,26-28,30-32,34-37H2,1-2H3,(H2,45,46,47)/b13-12-,16-15-,24-21-,25-22-,33-29+/t39-/m1/s1. The first kappa shape index (κ1) is 48.4. The van der Waals surface area contributed by atoms with E-state index in [-0.39, 0.29) is 25.2 Å². The number of carbonyl (C=O) groups is 3. The molecule has 0 spiro atoms. The van der Waals surface area contributed by atoms with Gasteiger partial charge in [0.2, 0.25) is 0 Å². The quantitative estimate of drug-likeness (QED) is 0.0163. The second-order valence-electron chi connectivity index (χ2n) is 12.9. The first-order chi connectivity index (χ1) is 24.7. The summed E-state index contributed by atoms with van der Waals surface area (Å²) in [4.78, 5) is 54.4. The van der Waals surface area contributed by atoms with Crippen molar-refractivity contribution in [1.82, 2.24) is 0 Å². The lowest BCUT2D eigenvalue weighted by Crippen LogP contribution is -2.29. The molecule has 0 aliphatic carbocycles. The van der Waals surface area contributed by atoms with Crippen LogP contribution >= 0.6 is 7.82 Å². The predicted molar refractivity (Wildman–Crippen MR) is 207 cm³/mol. The fourth-order valence-electron chi connectivity index (χ4n) is 5.02. The molecular formula is C41H69O9P. The molecule has 0 bridgehead atoms. The molecule has 9 nitrogen and oxygen atoms in total. The number of hydrogen-bond donors (Lipinski definition) is 2. The predicted octanol–water partition coefficient (Wildman–Crippen LogP) is 10.9. The molecule has 292 valence electrons. The van der Waals surface area contributed by atoms with E-state index < -0.39 is 32.5 Å². The molecule has 0 aromatic carbocycles. The molecule has 0 aromatic heterocycles. The van der Waals surface area contributed by atoms with Gasteiger partial charge in [-0.15, -0.1) is 0 Å². The van der Waals surface area contributed by atoms with Crippen molar-refractivity contribution in [3.63, 3.8) is 0 Å². The van der Waals surface area contributed by atoms with Gasteiger partial charge in [0.1, 0.15) is 6.61 Å². The van der Waals surface area contributed by atoms with E-state index in [4.69, 9.17) is 19.3 Å². The van der Waals surface area contributed by atoms with Gasteiger partial charge in [-0.25, -0.2) is 4.57 Å². The molecule has 0 saturated heterocycles. The summed E-state index contributed by atoms with van der Waals surface area (Å²) in [6, 6.07) is 0. The van der Waals surface area contributed by atoms with Gasteiger partial charge in [0.25, 0.3) is 0 Å². The molecule has 0 unspecified atom stereocenters. The van der Waals surface area contributed by atoms with E-state index in [0.29, 0.717) is 25.7 Å². The molecular weight excluding hydrogens is 667 g/mol. The Morgan fingerprint density at radius 2 is 1.08 bits per heavy atom. The molecule has 0 rings (SSSR count). The average molecular weight is 737 g/mol. The maximum atomic E-state index is 12.3. The Morgan fingerprint density at radius 1 is 0.569 bits per heavy atom. The van der Waals surface area contributed by atoms with Crippen LogP contribution in [0, 0.1) is 0 Å². The van der Waals surface area contributed by atoms with E-state index in [0.717, 1.165) is 64.2 Å². The third-order valence-electron chi connectivity index (χ3n) is 7.99. The van der Waals surface area contributed by atoms with Crippen LogP contribution in [0.1, 0.15) is 162 Å². The molecule has 2 N–H and O–H groups in total. The van der Waals surface area contributed by atoms with Gasteiger partial charge in [0.15, 0.2) is 11.9 Å². The van der Waals surface area contributed by atoms with Crippen molar-refractivity contribution in [1.29, 1.82) is 0 Å². The molecule has 0 saturated carbocycles. The van der Waals surface area contributed by atoms with Crippen molar-refractivity contribution in [2.75, 3.05) is 13.2 Å². The van der Waals surface area contributed by atoms with Crippen molar-refractivity contribution >= 4 is 25.5 Å². The minimum atomic E-state index is -4.78. The van der Waals surface area contributed by atoms with E-state index in [2.05, 4.69) is 30.5 Å². The van der Waals surface area contributed by atoms with Gasteiger partial charge in [-0.2, -0.15) is 0 Å². The van der Waals surface area contributed by atoms with E-state index in [1.54, 1.807) is 12.2 Å². The van der Waals surface area contributed by atoms with Gasteiger partial charge in [-0.1, -0.05) is 133 Å². The van der Waals surface area contributed by atoms with Crippen LogP contribution in [0.15, 0.2) is 60.8 Å². The largest absolute Gasteiger partial charge is 0.469 e. The van der Waals surface area contributed by atoms with Crippen LogP contribution in [0.2, 0.25) is 0 Å². The molecule has 51 heavy (non-hydrogen) atoms. The van der Waals surface area contributed by atoms with E-state index >= 15 is 0 Å². The highest BCUT2D eigenvalue weighted by Crippen LogP contribution is 2.36. The van der Waals surface area contributed by atoms with Gasteiger partial charge in [0.05, 0.1) is 6.61 Å². The molecule has 0 aliphatic rings. The molecule has 10 heteroatoms. The highest BCUT2D eigenvalue weighted by Gasteiger charge is 2.22. The lowest BCUT2D eigenvalue weighted by Gasteiger charge is -2.18. The maximum absolute atomic E-state index is 12.3. The lowest BCUT2D eigenvalue weighted by molar-refractivity contribution is -0.161. The van der Waals surface area contributed by atoms with Crippen LogP contribution in [-0.2, 0) is 32.9 Å². The smallest absolute Gasteiger partial charge is 0.462 e. The highest BCUT2D eigenvalue weighted by molar-refractivity contribution is 7.46. The normalized spacial score (nSPS) is 13.0. The van der Waals surface area contributed by atoms with Crippen LogP contribution in [0.5, 0.6) is 0 Å². The zero-order valence-electron chi connectivity index (χ0n) is 31.7. The number of esters is 2. The van der Waals surface area contributed by atoms with Gasteiger partial charge < -0.3 is 19.3 Å². The van der Waals surface area contributed by atoms with Crippen LogP contribution in [0.4, 0.5) is 0 Å². The van der Waals surface area contributed by atoms with Crippen LogP contribution in [-0.4, -0.2) is 46.8 Å².